The van der Waals surface area contributed by atoms with E-state index in [1.54, 1.807) is 13.0 Å². The van der Waals surface area contributed by atoms with Crippen LogP contribution in [-0.4, -0.2) is 37.0 Å². The van der Waals surface area contributed by atoms with E-state index >= 15 is 0 Å². The Morgan fingerprint density at radius 3 is 2.83 bits per heavy atom. The number of aliphatic hydroxyl groups excluding tert-OH is 1. The van der Waals surface area contributed by atoms with E-state index < -0.39 is 10.0 Å². The summed E-state index contributed by atoms with van der Waals surface area (Å²) >= 11 is 7.01. The predicted molar refractivity (Wildman–Crippen MR) is 72.7 cm³/mol. The summed E-state index contributed by atoms with van der Waals surface area (Å²) in [5.41, 5.74) is 0.776. The first-order valence-corrected chi connectivity index (χ1v) is 8.49. The second-order valence-electron chi connectivity index (χ2n) is 4.47. The molecule has 0 bridgehead atoms. The van der Waals surface area contributed by atoms with Gasteiger partial charge in [-0.1, -0.05) is 18.0 Å². The Hall–Kier alpha value is -0.140. The molecular weight excluding hydrogens is 294 g/mol. The molecule has 18 heavy (non-hydrogen) atoms. The van der Waals surface area contributed by atoms with Crippen molar-refractivity contribution in [3.63, 3.8) is 0 Å². The van der Waals surface area contributed by atoms with Gasteiger partial charge in [-0.3, -0.25) is 0 Å². The number of hydrogen-bond donors (Lipinski definition) is 1. The Labute approximate surface area is 116 Å². The molecule has 0 spiro atoms. The lowest BCUT2D eigenvalue weighted by Gasteiger charge is -2.32. The standard InChI is InChI=1S/C11H16ClNO3S2/c1-8-6-10(17-11(8)12)18(15,16)13-5-3-2-4-9(13)7-14/h6,9,14H,2-5,7H2,1H3. The van der Waals surface area contributed by atoms with Crippen LogP contribution < -0.4 is 0 Å². The number of piperidine rings is 1. The number of aryl methyl sites for hydroxylation is 1. The minimum atomic E-state index is -3.52. The molecule has 0 aliphatic carbocycles. The molecule has 0 amide bonds. The molecule has 4 nitrogen and oxygen atoms in total. The fraction of sp³-hybridized carbons (Fsp3) is 0.636. The maximum absolute atomic E-state index is 12.5. The Kier molecular flexibility index (Phi) is 4.33. The van der Waals surface area contributed by atoms with E-state index in [2.05, 4.69) is 0 Å². The molecule has 1 fully saturated rings. The molecule has 1 aromatic heterocycles. The highest BCUT2D eigenvalue weighted by Crippen LogP contribution is 2.34. The van der Waals surface area contributed by atoms with Crippen LogP contribution in [0.3, 0.4) is 0 Å². The van der Waals surface area contributed by atoms with Crippen molar-refractivity contribution < 1.29 is 13.5 Å². The lowest BCUT2D eigenvalue weighted by Crippen LogP contribution is -2.45. The summed E-state index contributed by atoms with van der Waals surface area (Å²) in [5, 5.41) is 9.30. The van der Waals surface area contributed by atoms with Crippen molar-refractivity contribution in [1.82, 2.24) is 4.31 Å². The molecule has 1 aliphatic rings. The third-order valence-electron chi connectivity index (χ3n) is 3.18. The minimum absolute atomic E-state index is 0.128. The van der Waals surface area contributed by atoms with Gasteiger partial charge in [-0.2, -0.15) is 4.31 Å². The maximum Gasteiger partial charge on any atom is 0.252 e. The lowest BCUT2D eigenvalue weighted by atomic mass is 10.1. The molecule has 0 aromatic carbocycles. The van der Waals surface area contributed by atoms with Gasteiger partial charge in [0.25, 0.3) is 10.0 Å². The van der Waals surface area contributed by atoms with Gasteiger partial charge in [-0.25, -0.2) is 8.42 Å². The van der Waals surface area contributed by atoms with E-state index in [0.717, 1.165) is 29.7 Å². The summed E-state index contributed by atoms with van der Waals surface area (Å²) < 4.78 is 27.2. The van der Waals surface area contributed by atoms with Crippen molar-refractivity contribution in [2.24, 2.45) is 0 Å². The van der Waals surface area contributed by atoms with Gasteiger partial charge in [0, 0.05) is 12.6 Å². The van der Waals surface area contributed by atoms with Crippen molar-refractivity contribution in [2.75, 3.05) is 13.2 Å². The number of thiophene rings is 1. The topological polar surface area (TPSA) is 57.6 Å². The summed E-state index contributed by atoms with van der Waals surface area (Å²) in [5.74, 6) is 0. The van der Waals surface area contributed by atoms with Crippen LogP contribution in [0.5, 0.6) is 0 Å². The van der Waals surface area contributed by atoms with E-state index in [4.69, 9.17) is 11.6 Å². The average Bonchev–Trinajstić information content (AvgIpc) is 2.70. The normalized spacial score (nSPS) is 22.3. The Bertz CT molecular complexity index is 507. The Balaban J connectivity index is 2.35. The minimum Gasteiger partial charge on any atom is -0.395 e. The highest BCUT2D eigenvalue weighted by Gasteiger charge is 2.34. The zero-order valence-electron chi connectivity index (χ0n) is 10.1. The third-order valence-corrected chi connectivity index (χ3v) is 7.14. The van der Waals surface area contributed by atoms with Crippen LogP contribution in [0.2, 0.25) is 4.34 Å². The molecule has 102 valence electrons. The molecule has 1 saturated heterocycles. The molecule has 0 saturated carbocycles. The van der Waals surface area contributed by atoms with Gasteiger partial charge in [0.2, 0.25) is 0 Å². The van der Waals surface area contributed by atoms with E-state index in [1.165, 1.54) is 4.31 Å². The van der Waals surface area contributed by atoms with Crippen molar-refractivity contribution in [3.05, 3.63) is 16.0 Å². The van der Waals surface area contributed by atoms with Crippen molar-refractivity contribution in [2.45, 2.75) is 36.4 Å². The van der Waals surface area contributed by atoms with Crippen LogP contribution in [0, 0.1) is 6.92 Å². The number of halogens is 1. The van der Waals surface area contributed by atoms with Crippen molar-refractivity contribution in [1.29, 1.82) is 0 Å². The Morgan fingerprint density at radius 2 is 2.28 bits per heavy atom. The zero-order valence-corrected chi connectivity index (χ0v) is 12.5. The highest BCUT2D eigenvalue weighted by atomic mass is 35.5. The second-order valence-corrected chi connectivity index (χ2v) is 8.24. The van der Waals surface area contributed by atoms with Crippen molar-refractivity contribution in [3.8, 4) is 0 Å². The maximum atomic E-state index is 12.5. The summed E-state index contributed by atoms with van der Waals surface area (Å²) in [6, 6.07) is 1.30. The van der Waals surface area contributed by atoms with Gasteiger partial charge in [0.1, 0.15) is 4.21 Å². The second kappa shape index (κ2) is 5.46. The van der Waals surface area contributed by atoms with Gasteiger partial charge < -0.3 is 5.11 Å². The fourth-order valence-electron chi connectivity index (χ4n) is 2.15. The first kappa shape index (κ1) is 14.3. The van der Waals surface area contributed by atoms with Gasteiger partial charge in [0.15, 0.2) is 0 Å². The monoisotopic (exact) mass is 309 g/mol. The summed E-state index contributed by atoms with van der Waals surface area (Å²) in [4.78, 5) is 0. The fourth-order valence-corrected chi connectivity index (χ4v) is 5.67. The molecule has 2 rings (SSSR count). The van der Waals surface area contributed by atoms with Gasteiger partial charge in [-0.15, -0.1) is 11.3 Å². The molecule has 1 N–H and O–H groups in total. The number of hydrogen-bond acceptors (Lipinski definition) is 4. The first-order valence-electron chi connectivity index (χ1n) is 5.85. The van der Waals surface area contributed by atoms with E-state index in [0.29, 0.717) is 17.3 Å². The van der Waals surface area contributed by atoms with Crippen LogP contribution >= 0.6 is 22.9 Å². The third kappa shape index (κ3) is 2.58. The van der Waals surface area contributed by atoms with Crippen LogP contribution in [0.25, 0.3) is 0 Å². The summed E-state index contributed by atoms with van der Waals surface area (Å²) in [6.07, 6.45) is 2.52. The summed E-state index contributed by atoms with van der Waals surface area (Å²) in [6.45, 7) is 2.14. The predicted octanol–water partition coefficient (Wildman–Crippen LogP) is 2.25. The van der Waals surface area contributed by atoms with Crippen LogP contribution in [0.4, 0.5) is 0 Å². The number of rotatable bonds is 3. The van der Waals surface area contributed by atoms with Gasteiger partial charge in [0.05, 0.1) is 10.9 Å². The molecule has 2 heterocycles. The zero-order chi connectivity index (χ0) is 13.3. The summed E-state index contributed by atoms with van der Waals surface area (Å²) in [7, 11) is -3.52. The van der Waals surface area contributed by atoms with Gasteiger partial charge >= 0.3 is 0 Å². The molecule has 7 heteroatoms. The molecule has 1 aromatic rings. The first-order chi connectivity index (χ1) is 8.46. The number of sulfonamides is 1. The van der Waals surface area contributed by atoms with E-state index in [9.17, 15) is 13.5 Å². The van der Waals surface area contributed by atoms with Gasteiger partial charge in [-0.05, 0) is 31.4 Å². The quantitative estimate of drug-likeness (QED) is 0.931. The van der Waals surface area contributed by atoms with E-state index in [1.807, 2.05) is 0 Å². The highest BCUT2D eigenvalue weighted by molar-refractivity contribution is 7.91. The SMILES string of the molecule is Cc1cc(S(=O)(=O)N2CCCCC2CO)sc1Cl. The van der Waals surface area contributed by atoms with Crippen LogP contribution in [0.1, 0.15) is 24.8 Å². The molecule has 1 unspecified atom stereocenters. The molecule has 1 atom stereocenters. The Morgan fingerprint density at radius 1 is 1.56 bits per heavy atom. The smallest absolute Gasteiger partial charge is 0.252 e. The largest absolute Gasteiger partial charge is 0.395 e. The van der Waals surface area contributed by atoms with Crippen LogP contribution in [-0.2, 0) is 10.0 Å². The molecular formula is C11H16ClNO3S2. The van der Waals surface area contributed by atoms with E-state index in [-0.39, 0.29) is 16.9 Å². The number of aliphatic hydroxyl groups is 1. The number of nitrogens with zero attached hydrogens (tertiary/aromatic N) is 1. The lowest BCUT2D eigenvalue weighted by molar-refractivity contribution is 0.155. The van der Waals surface area contributed by atoms with Crippen LogP contribution in [0.15, 0.2) is 10.3 Å². The average molecular weight is 310 g/mol. The molecule has 1 aliphatic heterocycles. The van der Waals surface area contributed by atoms with Crippen molar-refractivity contribution >= 4 is 33.0 Å². The molecule has 0 radical (unpaired) electrons.